The Balaban J connectivity index is 1.60. The van der Waals surface area contributed by atoms with E-state index in [9.17, 15) is 9.59 Å². The van der Waals surface area contributed by atoms with Crippen LogP contribution in [0.4, 0.5) is 5.69 Å². The lowest BCUT2D eigenvalue weighted by Crippen LogP contribution is -2.45. The lowest BCUT2D eigenvalue weighted by atomic mass is 10.0. The zero-order valence-electron chi connectivity index (χ0n) is 16.4. The van der Waals surface area contributed by atoms with Crippen LogP contribution in [0.3, 0.4) is 0 Å². The maximum absolute atomic E-state index is 13.1. The fourth-order valence-electron chi connectivity index (χ4n) is 3.37. The molecule has 3 N–H and O–H groups in total. The summed E-state index contributed by atoms with van der Waals surface area (Å²) in [6.07, 6.45) is 2.16. The number of nitrogens with one attached hydrogen (secondary N) is 3. The van der Waals surface area contributed by atoms with Gasteiger partial charge in [0, 0.05) is 34.2 Å². The van der Waals surface area contributed by atoms with Crippen LogP contribution in [-0.2, 0) is 11.2 Å². The number of anilines is 1. The Morgan fingerprint density at radius 1 is 0.903 bits per heavy atom. The van der Waals surface area contributed by atoms with Crippen molar-refractivity contribution in [1.29, 1.82) is 0 Å². The van der Waals surface area contributed by atoms with Gasteiger partial charge in [-0.1, -0.05) is 53.5 Å². The Kier molecular flexibility index (Phi) is 6.26. The number of benzene rings is 3. The Labute approximate surface area is 189 Å². The highest BCUT2D eigenvalue weighted by atomic mass is 35.5. The number of carbonyl (C=O) groups is 2. The van der Waals surface area contributed by atoms with Crippen molar-refractivity contribution in [2.75, 3.05) is 5.32 Å². The standard InChI is InChI=1S/C24H19Cl2N3O2/c25-16-9-11-17(12-10-16)28-24(31)22(29-23(30)19-6-1-3-7-20(19)26)13-15-14-27-21-8-4-2-5-18(15)21/h1-12,14,22,27H,13H2,(H,28,31)(H,29,30). The third-order valence-corrected chi connectivity index (χ3v) is 5.53. The van der Waals surface area contributed by atoms with E-state index < -0.39 is 11.9 Å². The summed E-state index contributed by atoms with van der Waals surface area (Å²) in [5.41, 5.74) is 2.79. The van der Waals surface area contributed by atoms with Crippen molar-refractivity contribution < 1.29 is 9.59 Å². The van der Waals surface area contributed by atoms with Crippen molar-refractivity contribution in [3.8, 4) is 0 Å². The minimum atomic E-state index is -0.821. The van der Waals surface area contributed by atoms with E-state index in [0.29, 0.717) is 27.7 Å². The molecule has 5 nitrogen and oxygen atoms in total. The first kappa shape index (κ1) is 21.0. The summed E-state index contributed by atoms with van der Waals surface area (Å²) in [5, 5.41) is 7.57. The van der Waals surface area contributed by atoms with Gasteiger partial charge in [-0.25, -0.2) is 0 Å². The van der Waals surface area contributed by atoms with Gasteiger partial charge in [0.1, 0.15) is 6.04 Å². The molecule has 4 rings (SSSR count). The number of fused-ring (bicyclic) bond motifs is 1. The second kappa shape index (κ2) is 9.25. The van der Waals surface area contributed by atoms with Crippen molar-refractivity contribution in [2.45, 2.75) is 12.5 Å². The lowest BCUT2D eigenvalue weighted by molar-refractivity contribution is -0.118. The molecule has 31 heavy (non-hydrogen) atoms. The number of hydrogen-bond donors (Lipinski definition) is 3. The molecule has 2 amide bonds. The maximum atomic E-state index is 13.1. The van der Waals surface area contributed by atoms with Gasteiger partial charge in [0.25, 0.3) is 5.91 Å². The summed E-state index contributed by atoms with van der Waals surface area (Å²) in [7, 11) is 0. The van der Waals surface area contributed by atoms with Gasteiger partial charge in [-0.15, -0.1) is 0 Å². The van der Waals surface area contributed by atoms with Crippen molar-refractivity contribution in [2.24, 2.45) is 0 Å². The molecule has 0 spiro atoms. The van der Waals surface area contributed by atoms with Crippen LogP contribution in [-0.4, -0.2) is 22.8 Å². The quantitative estimate of drug-likeness (QED) is 0.364. The van der Waals surface area contributed by atoms with E-state index in [1.54, 1.807) is 48.5 Å². The fourth-order valence-corrected chi connectivity index (χ4v) is 3.72. The van der Waals surface area contributed by atoms with Crippen LogP contribution < -0.4 is 10.6 Å². The number of rotatable bonds is 6. The molecule has 0 radical (unpaired) electrons. The van der Waals surface area contributed by atoms with E-state index >= 15 is 0 Å². The summed E-state index contributed by atoms with van der Waals surface area (Å²) in [4.78, 5) is 29.2. The van der Waals surface area contributed by atoms with Gasteiger partial charge in [-0.05, 0) is 48.0 Å². The molecular formula is C24H19Cl2N3O2. The average molecular weight is 452 g/mol. The van der Waals surface area contributed by atoms with Crippen molar-refractivity contribution >= 4 is 51.6 Å². The van der Waals surface area contributed by atoms with Crippen molar-refractivity contribution in [1.82, 2.24) is 10.3 Å². The highest BCUT2D eigenvalue weighted by Crippen LogP contribution is 2.21. The molecule has 1 unspecified atom stereocenters. The van der Waals surface area contributed by atoms with Gasteiger partial charge in [-0.3, -0.25) is 9.59 Å². The van der Waals surface area contributed by atoms with Gasteiger partial charge in [0.2, 0.25) is 5.91 Å². The first-order valence-corrected chi connectivity index (χ1v) is 10.4. The average Bonchev–Trinajstić information content (AvgIpc) is 3.18. The fraction of sp³-hybridized carbons (Fsp3) is 0.0833. The summed E-state index contributed by atoms with van der Waals surface area (Å²) in [6.45, 7) is 0. The Bertz CT molecular complexity index is 1240. The normalized spacial score (nSPS) is 11.8. The van der Waals surface area contributed by atoms with E-state index in [1.165, 1.54) is 0 Å². The zero-order valence-corrected chi connectivity index (χ0v) is 17.9. The molecule has 0 fully saturated rings. The topological polar surface area (TPSA) is 74.0 Å². The van der Waals surface area contributed by atoms with Crippen LogP contribution in [0.1, 0.15) is 15.9 Å². The van der Waals surface area contributed by atoms with Crippen LogP contribution in [0.25, 0.3) is 10.9 Å². The number of para-hydroxylation sites is 1. The number of halogens is 2. The third kappa shape index (κ3) is 4.90. The van der Waals surface area contributed by atoms with E-state index in [0.717, 1.165) is 16.5 Å². The molecule has 0 saturated heterocycles. The van der Waals surface area contributed by atoms with E-state index in [4.69, 9.17) is 23.2 Å². The largest absolute Gasteiger partial charge is 0.361 e. The number of aromatic amines is 1. The zero-order chi connectivity index (χ0) is 21.8. The SMILES string of the molecule is O=C(NC(Cc1c[nH]c2ccccc12)C(=O)Nc1ccc(Cl)cc1)c1ccccc1Cl. The smallest absolute Gasteiger partial charge is 0.253 e. The van der Waals surface area contributed by atoms with Gasteiger partial charge in [-0.2, -0.15) is 0 Å². The van der Waals surface area contributed by atoms with E-state index in [-0.39, 0.29) is 5.91 Å². The highest BCUT2D eigenvalue weighted by molar-refractivity contribution is 6.33. The molecule has 1 heterocycles. The van der Waals surface area contributed by atoms with E-state index in [2.05, 4.69) is 15.6 Å². The molecule has 1 atom stereocenters. The van der Waals surface area contributed by atoms with Crippen LogP contribution in [0.15, 0.2) is 79.0 Å². The van der Waals surface area contributed by atoms with Gasteiger partial charge in [0.05, 0.1) is 10.6 Å². The predicted molar refractivity (Wildman–Crippen MR) is 125 cm³/mol. The third-order valence-electron chi connectivity index (χ3n) is 4.95. The Hall–Kier alpha value is -3.28. The molecule has 4 aromatic rings. The van der Waals surface area contributed by atoms with Gasteiger partial charge < -0.3 is 15.6 Å². The molecule has 156 valence electrons. The summed E-state index contributed by atoms with van der Waals surface area (Å²) in [6, 6.07) is 20.5. The maximum Gasteiger partial charge on any atom is 0.253 e. The Morgan fingerprint density at radius 2 is 1.61 bits per heavy atom. The summed E-state index contributed by atoms with van der Waals surface area (Å²) >= 11 is 12.1. The molecule has 0 aliphatic heterocycles. The van der Waals surface area contributed by atoms with Crippen LogP contribution >= 0.6 is 23.2 Å². The molecule has 0 aliphatic rings. The monoisotopic (exact) mass is 451 g/mol. The minimum Gasteiger partial charge on any atom is -0.361 e. The molecule has 0 aliphatic carbocycles. The van der Waals surface area contributed by atoms with Crippen LogP contribution in [0.5, 0.6) is 0 Å². The predicted octanol–water partition coefficient (Wildman–Crippen LogP) is 5.45. The summed E-state index contributed by atoms with van der Waals surface area (Å²) < 4.78 is 0. The van der Waals surface area contributed by atoms with E-state index in [1.807, 2.05) is 30.5 Å². The first-order chi connectivity index (χ1) is 15.0. The molecule has 3 aromatic carbocycles. The molecule has 1 aromatic heterocycles. The van der Waals surface area contributed by atoms with Crippen molar-refractivity contribution in [3.05, 3.63) is 100 Å². The number of carbonyl (C=O) groups excluding carboxylic acids is 2. The van der Waals surface area contributed by atoms with Crippen molar-refractivity contribution in [3.63, 3.8) is 0 Å². The number of aromatic nitrogens is 1. The van der Waals surface area contributed by atoms with Crippen LogP contribution in [0.2, 0.25) is 10.0 Å². The molecule has 7 heteroatoms. The highest BCUT2D eigenvalue weighted by Gasteiger charge is 2.24. The van der Waals surface area contributed by atoms with Gasteiger partial charge in [0.15, 0.2) is 0 Å². The second-order valence-corrected chi connectivity index (χ2v) is 7.91. The van der Waals surface area contributed by atoms with Crippen LogP contribution in [0, 0.1) is 0 Å². The Morgan fingerprint density at radius 3 is 2.39 bits per heavy atom. The number of H-pyrrole nitrogens is 1. The lowest BCUT2D eigenvalue weighted by Gasteiger charge is -2.19. The summed E-state index contributed by atoms with van der Waals surface area (Å²) in [5.74, 6) is -0.755. The second-order valence-electron chi connectivity index (χ2n) is 7.07. The number of amides is 2. The minimum absolute atomic E-state index is 0.305. The first-order valence-electron chi connectivity index (χ1n) is 9.68. The molecular weight excluding hydrogens is 433 g/mol. The number of hydrogen-bond acceptors (Lipinski definition) is 2. The molecule has 0 bridgehead atoms. The van der Waals surface area contributed by atoms with Gasteiger partial charge >= 0.3 is 0 Å². The molecule has 0 saturated carbocycles.